The molecule has 4 amide bonds. The molecule has 1 saturated heterocycles. The van der Waals surface area contributed by atoms with E-state index in [0.717, 1.165) is 26.8 Å². The van der Waals surface area contributed by atoms with Gasteiger partial charge in [-0.2, -0.15) is 0 Å². The summed E-state index contributed by atoms with van der Waals surface area (Å²) in [5.74, 6) is -0.732. The Kier molecular flexibility index (Phi) is 6.25. The van der Waals surface area contributed by atoms with Crippen LogP contribution in [0.1, 0.15) is 23.6 Å². The summed E-state index contributed by atoms with van der Waals surface area (Å²) in [5.41, 5.74) is 1.38. The van der Waals surface area contributed by atoms with Gasteiger partial charge in [-0.05, 0) is 40.5 Å². The van der Waals surface area contributed by atoms with E-state index in [0.29, 0.717) is 18.7 Å². The van der Waals surface area contributed by atoms with E-state index in [4.69, 9.17) is 0 Å². The van der Waals surface area contributed by atoms with Gasteiger partial charge in [-0.1, -0.05) is 97.1 Å². The first kappa shape index (κ1) is 23.3. The smallest absolute Gasteiger partial charge is 0.325 e. The molecule has 1 fully saturated rings. The number of fused-ring (bicyclic) bond motifs is 1. The van der Waals surface area contributed by atoms with Crippen LogP contribution >= 0.6 is 0 Å². The molecule has 1 aliphatic rings. The van der Waals surface area contributed by atoms with Crippen molar-refractivity contribution in [2.75, 3.05) is 6.54 Å². The number of rotatable bonds is 7. The van der Waals surface area contributed by atoms with Gasteiger partial charge in [-0.25, -0.2) is 4.79 Å². The second-order valence-corrected chi connectivity index (χ2v) is 9.23. The summed E-state index contributed by atoms with van der Waals surface area (Å²) in [6.07, 6.45) is 0. The average Bonchev–Trinajstić information content (AvgIpc) is 3.13. The maximum atomic E-state index is 13.5. The summed E-state index contributed by atoms with van der Waals surface area (Å²) >= 11 is 0. The van der Waals surface area contributed by atoms with Gasteiger partial charge in [0, 0.05) is 13.1 Å². The Bertz CT molecular complexity index is 1380. The zero-order valence-corrected chi connectivity index (χ0v) is 20.1. The monoisotopic (exact) mass is 477 g/mol. The van der Waals surface area contributed by atoms with E-state index in [1.807, 2.05) is 103 Å². The molecule has 5 rings (SSSR count). The van der Waals surface area contributed by atoms with Gasteiger partial charge in [0.25, 0.3) is 5.91 Å². The Labute approximate surface area is 210 Å². The Morgan fingerprint density at radius 1 is 0.778 bits per heavy atom. The van der Waals surface area contributed by atoms with Gasteiger partial charge < -0.3 is 10.2 Å². The molecule has 1 unspecified atom stereocenters. The van der Waals surface area contributed by atoms with Crippen molar-refractivity contribution in [2.24, 2.45) is 0 Å². The van der Waals surface area contributed by atoms with Gasteiger partial charge in [0.2, 0.25) is 5.91 Å². The quantitative estimate of drug-likeness (QED) is 0.388. The Balaban J connectivity index is 1.38. The third-order valence-electron chi connectivity index (χ3n) is 6.68. The number of urea groups is 1. The predicted octanol–water partition coefficient (Wildman–Crippen LogP) is 4.84. The number of hydrogen-bond donors (Lipinski definition) is 1. The lowest BCUT2D eigenvalue weighted by atomic mass is 9.90. The normalized spacial score (nSPS) is 17.3. The molecule has 0 aromatic heterocycles. The van der Waals surface area contributed by atoms with Crippen molar-refractivity contribution in [3.05, 3.63) is 120 Å². The largest absolute Gasteiger partial charge is 0.332 e. The van der Waals surface area contributed by atoms with E-state index in [1.165, 1.54) is 0 Å². The number of amides is 4. The molecular weight excluding hydrogens is 450 g/mol. The highest BCUT2D eigenvalue weighted by Gasteiger charge is 2.49. The molecule has 0 saturated carbocycles. The lowest BCUT2D eigenvalue weighted by molar-refractivity contribution is -0.139. The number of carbonyl (C=O) groups is 3. The van der Waals surface area contributed by atoms with Crippen molar-refractivity contribution in [1.82, 2.24) is 15.1 Å². The summed E-state index contributed by atoms with van der Waals surface area (Å²) in [5, 5.41) is 4.85. The molecule has 4 aromatic rings. The van der Waals surface area contributed by atoms with E-state index >= 15 is 0 Å². The molecule has 1 heterocycles. The molecule has 1 aliphatic heterocycles. The van der Waals surface area contributed by atoms with E-state index in [9.17, 15) is 14.4 Å². The maximum Gasteiger partial charge on any atom is 0.325 e. The van der Waals surface area contributed by atoms with Gasteiger partial charge in [-0.15, -0.1) is 0 Å². The topological polar surface area (TPSA) is 69.7 Å². The maximum absolute atomic E-state index is 13.5. The van der Waals surface area contributed by atoms with Crippen molar-refractivity contribution < 1.29 is 14.4 Å². The average molecular weight is 478 g/mol. The molecule has 1 N–H and O–H groups in total. The first-order valence-corrected chi connectivity index (χ1v) is 11.9. The fraction of sp³-hybridized carbons (Fsp3) is 0.167. The lowest BCUT2D eigenvalue weighted by Gasteiger charge is -2.26. The highest BCUT2D eigenvalue weighted by atomic mass is 16.2. The zero-order valence-electron chi connectivity index (χ0n) is 20.1. The third-order valence-corrected chi connectivity index (χ3v) is 6.68. The number of carbonyl (C=O) groups excluding carboxylic acids is 3. The fourth-order valence-corrected chi connectivity index (χ4v) is 4.61. The molecule has 36 heavy (non-hydrogen) atoms. The number of imide groups is 1. The highest BCUT2D eigenvalue weighted by molar-refractivity contribution is 6.09. The molecule has 0 aliphatic carbocycles. The van der Waals surface area contributed by atoms with Crippen molar-refractivity contribution in [2.45, 2.75) is 25.6 Å². The molecule has 0 bridgehead atoms. The van der Waals surface area contributed by atoms with Crippen LogP contribution in [0.4, 0.5) is 4.79 Å². The van der Waals surface area contributed by atoms with Crippen LogP contribution in [0.2, 0.25) is 0 Å². The van der Waals surface area contributed by atoms with Crippen LogP contribution in [-0.2, 0) is 28.2 Å². The summed E-state index contributed by atoms with van der Waals surface area (Å²) in [4.78, 5) is 42.6. The van der Waals surface area contributed by atoms with E-state index in [2.05, 4.69) is 5.32 Å². The van der Waals surface area contributed by atoms with E-state index < -0.39 is 17.5 Å². The second-order valence-electron chi connectivity index (χ2n) is 9.23. The minimum Gasteiger partial charge on any atom is -0.332 e. The number of nitrogens with zero attached hydrogens (tertiary/aromatic N) is 2. The standard InChI is InChI=1S/C30H27N3O3/c1-30(26-17-16-24-14-8-9-15-25(24)18-26)28(35)33(29(36)31-30)21-27(34)32(19-22-10-4-2-5-11-22)20-23-12-6-3-7-13-23/h2-18H,19-21H2,1H3,(H,31,36). The third kappa shape index (κ3) is 4.58. The molecule has 6 heteroatoms. The first-order valence-electron chi connectivity index (χ1n) is 11.9. The molecule has 0 radical (unpaired) electrons. The molecular formula is C30H27N3O3. The van der Waals surface area contributed by atoms with Crippen LogP contribution in [-0.4, -0.2) is 34.2 Å². The van der Waals surface area contributed by atoms with Crippen LogP contribution in [0.15, 0.2) is 103 Å². The second kappa shape index (κ2) is 9.66. The molecule has 1 atom stereocenters. The predicted molar refractivity (Wildman–Crippen MR) is 139 cm³/mol. The first-order chi connectivity index (χ1) is 17.4. The summed E-state index contributed by atoms with van der Waals surface area (Å²) < 4.78 is 0. The minimum absolute atomic E-state index is 0.297. The highest BCUT2D eigenvalue weighted by Crippen LogP contribution is 2.31. The van der Waals surface area contributed by atoms with Crippen LogP contribution in [0.25, 0.3) is 10.8 Å². The molecule has 6 nitrogen and oxygen atoms in total. The van der Waals surface area contributed by atoms with Gasteiger partial charge in [-0.3, -0.25) is 14.5 Å². The molecule has 180 valence electrons. The SMILES string of the molecule is CC1(c2ccc3ccccc3c2)NC(=O)N(CC(=O)N(Cc2ccccc2)Cc2ccccc2)C1=O. The molecule has 0 spiro atoms. The molecule has 4 aromatic carbocycles. The van der Waals surface area contributed by atoms with Gasteiger partial charge in [0.05, 0.1) is 0 Å². The van der Waals surface area contributed by atoms with Gasteiger partial charge >= 0.3 is 6.03 Å². The van der Waals surface area contributed by atoms with Crippen molar-refractivity contribution >= 4 is 28.6 Å². The number of benzene rings is 4. The minimum atomic E-state index is -1.24. The fourth-order valence-electron chi connectivity index (χ4n) is 4.61. The van der Waals surface area contributed by atoms with Crippen molar-refractivity contribution in [3.63, 3.8) is 0 Å². The number of hydrogen-bond acceptors (Lipinski definition) is 3. The van der Waals surface area contributed by atoms with Crippen LogP contribution in [0.5, 0.6) is 0 Å². The lowest BCUT2D eigenvalue weighted by Crippen LogP contribution is -2.44. The van der Waals surface area contributed by atoms with Crippen LogP contribution in [0.3, 0.4) is 0 Å². The summed E-state index contributed by atoms with van der Waals surface area (Å²) in [6.45, 7) is 2.11. The van der Waals surface area contributed by atoms with Crippen molar-refractivity contribution in [1.29, 1.82) is 0 Å². The van der Waals surface area contributed by atoms with Gasteiger partial charge in [0.1, 0.15) is 12.1 Å². The Morgan fingerprint density at radius 3 is 1.94 bits per heavy atom. The number of nitrogens with one attached hydrogen (secondary N) is 1. The van der Waals surface area contributed by atoms with Crippen molar-refractivity contribution in [3.8, 4) is 0 Å². The van der Waals surface area contributed by atoms with Crippen LogP contribution in [0, 0.1) is 0 Å². The van der Waals surface area contributed by atoms with E-state index in [-0.39, 0.29) is 12.5 Å². The summed E-state index contributed by atoms with van der Waals surface area (Å²) in [7, 11) is 0. The van der Waals surface area contributed by atoms with Crippen LogP contribution < -0.4 is 5.32 Å². The zero-order chi connectivity index (χ0) is 25.1. The Morgan fingerprint density at radius 2 is 1.33 bits per heavy atom. The van der Waals surface area contributed by atoms with E-state index in [1.54, 1.807) is 11.8 Å². The summed E-state index contributed by atoms with van der Waals surface area (Å²) in [6, 6.07) is 32.3. The Hall–Kier alpha value is -4.45. The van der Waals surface area contributed by atoms with Gasteiger partial charge in [0.15, 0.2) is 0 Å².